The van der Waals surface area contributed by atoms with E-state index in [4.69, 9.17) is 17.3 Å². The van der Waals surface area contributed by atoms with Crippen molar-refractivity contribution in [2.24, 2.45) is 11.7 Å². The number of likely N-dealkylation sites (tertiary alicyclic amines) is 1. The summed E-state index contributed by atoms with van der Waals surface area (Å²) in [5, 5.41) is 0.534. The number of hydrogen-bond donors (Lipinski definition) is 1. The van der Waals surface area contributed by atoms with Crippen LogP contribution in [0.2, 0.25) is 5.02 Å². The van der Waals surface area contributed by atoms with Gasteiger partial charge in [-0.1, -0.05) is 23.7 Å². The zero-order valence-electron chi connectivity index (χ0n) is 13.1. The van der Waals surface area contributed by atoms with E-state index in [1.54, 1.807) is 11.0 Å². The van der Waals surface area contributed by atoms with Gasteiger partial charge < -0.3 is 15.5 Å². The number of anilines is 1. The Balaban J connectivity index is 1.74. The third-order valence-corrected chi connectivity index (χ3v) is 5.12. The van der Waals surface area contributed by atoms with Gasteiger partial charge in [-0.25, -0.2) is 0 Å². The fraction of sp³-hybridized carbons (Fsp3) is 0.529. The number of halogens is 1. The summed E-state index contributed by atoms with van der Waals surface area (Å²) >= 11 is 6.19. The molecule has 0 spiro atoms. The molecule has 2 heterocycles. The summed E-state index contributed by atoms with van der Waals surface area (Å²) < 4.78 is 0. The minimum Gasteiger partial charge on any atom is -0.338 e. The van der Waals surface area contributed by atoms with Gasteiger partial charge in [0.2, 0.25) is 11.8 Å². The number of amides is 2. The van der Waals surface area contributed by atoms with Gasteiger partial charge in [-0.05, 0) is 31.4 Å². The maximum absolute atomic E-state index is 12.8. The van der Waals surface area contributed by atoms with Crippen molar-refractivity contribution in [1.82, 2.24) is 4.90 Å². The Morgan fingerprint density at radius 2 is 2.09 bits per heavy atom. The summed E-state index contributed by atoms with van der Waals surface area (Å²) in [4.78, 5) is 28.7. The molecule has 5 nitrogen and oxygen atoms in total. The molecular formula is C17H22ClN3O2. The van der Waals surface area contributed by atoms with Gasteiger partial charge in [0.15, 0.2) is 0 Å². The summed E-state index contributed by atoms with van der Waals surface area (Å²) in [6, 6.07) is 7.36. The highest BCUT2D eigenvalue weighted by Crippen LogP contribution is 2.32. The van der Waals surface area contributed by atoms with Gasteiger partial charge in [0, 0.05) is 32.1 Å². The van der Waals surface area contributed by atoms with E-state index >= 15 is 0 Å². The summed E-state index contributed by atoms with van der Waals surface area (Å²) in [6.07, 6.45) is 3.33. The van der Waals surface area contributed by atoms with Crippen LogP contribution in [0, 0.1) is 5.92 Å². The lowest BCUT2D eigenvalue weighted by Crippen LogP contribution is -2.50. The topological polar surface area (TPSA) is 66.6 Å². The van der Waals surface area contributed by atoms with Crippen molar-refractivity contribution in [2.75, 3.05) is 24.5 Å². The Kier molecular flexibility index (Phi) is 4.87. The molecule has 2 unspecified atom stereocenters. The maximum atomic E-state index is 12.8. The number of piperidine rings is 1. The molecule has 0 saturated carbocycles. The monoisotopic (exact) mass is 335 g/mol. The van der Waals surface area contributed by atoms with Crippen LogP contribution in [-0.2, 0) is 9.59 Å². The van der Waals surface area contributed by atoms with Crippen molar-refractivity contribution >= 4 is 29.1 Å². The molecule has 0 aliphatic carbocycles. The predicted octanol–water partition coefficient (Wildman–Crippen LogP) is 2.03. The first-order chi connectivity index (χ1) is 11.1. The molecular weight excluding hydrogens is 314 g/mol. The summed E-state index contributed by atoms with van der Waals surface area (Å²) in [6.45, 7) is 1.63. The van der Waals surface area contributed by atoms with E-state index < -0.39 is 0 Å². The van der Waals surface area contributed by atoms with E-state index in [9.17, 15) is 9.59 Å². The third kappa shape index (κ3) is 3.21. The van der Waals surface area contributed by atoms with Gasteiger partial charge in [0.05, 0.1) is 16.6 Å². The maximum Gasteiger partial charge on any atom is 0.228 e. The summed E-state index contributed by atoms with van der Waals surface area (Å²) in [7, 11) is 0. The van der Waals surface area contributed by atoms with Gasteiger partial charge in [0.1, 0.15) is 0 Å². The van der Waals surface area contributed by atoms with Crippen LogP contribution in [0.4, 0.5) is 5.69 Å². The first-order valence-electron chi connectivity index (χ1n) is 8.17. The van der Waals surface area contributed by atoms with Gasteiger partial charge in [-0.15, -0.1) is 0 Å². The van der Waals surface area contributed by atoms with E-state index in [1.165, 1.54) is 0 Å². The fourth-order valence-electron chi connectivity index (χ4n) is 3.55. The Bertz CT molecular complexity index is 607. The highest BCUT2D eigenvalue weighted by molar-refractivity contribution is 6.33. The van der Waals surface area contributed by atoms with Crippen LogP contribution in [0.5, 0.6) is 0 Å². The molecule has 6 heteroatoms. The lowest BCUT2D eigenvalue weighted by molar-refractivity contribution is -0.139. The molecule has 23 heavy (non-hydrogen) atoms. The molecule has 0 radical (unpaired) electrons. The lowest BCUT2D eigenvalue weighted by Gasteiger charge is -2.36. The van der Waals surface area contributed by atoms with Crippen LogP contribution in [-0.4, -0.2) is 42.4 Å². The molecule has 2 N–H and O–H groups in total. The number of carbonyl (C=O) groups is 2. The molecule has 0 bridgehead atoms. The number of benzene rings is 1. The average Bonchev–Trinajstić information content (AvgIpc) is 2.96. The number of nitrogens with zero attached hydrogens (tertiary/aromatic N) is 2. The highest BCUT2D eigenvalue weighted by Gasteiger charge is 2.39. The summed E-state index contributed by atoms with van der Waals surface area (Å²) in [5.74, 6) is -0.285. The minimum atomic E-state index is -0.300. The molecule has 2 aliphatic rings. The van der Waals surface area contributed by atoms with E-state index in [0.29, 0.717) is 23.8 Å². The number of rotatable bonds is 3. The van der Waals surface area contributed by atoms with Crippen LogP contribution >= 0.6 is 11.6 Å². The molecule has 3 rings (SSSR count). The van der Waals surface area contributed by atoms with Gasteiger partial charge in [0.25, 0.3) is 0 Å². The number of hydrogen-bond acceptors (Lipinski definition) is 3. The van der Waals surface area contributed by atoms with Crippen molar-refractivity contribution in [3.8, 4) is 0 Å². The van der Waals surface area contributed by atoms with Crippen LogP contribution < -0.4 is 10.6 Å². The first kappa shape index (κ1) is 16.3. The van der Waals surface area contributed by atoms with Crippen molar-refractivity contribution in [3.05, 3.63) is 29.3 Å². The molecule has 2 aliphatic heterocycles. The Morgan fingerprint density at radius 3 is 2.83 bits per heavy atom. The van der Waals surface area contributed by atoms with Gasteiger partial charge in [-0.2, -0.15) is 0 Å². The Hall–Kier alpha value is -1.59. The third-order valence-electron chi connectivity index (χ3n) is 4.80. The zero-order chi connectivity index (χ0) is 16.4. The SMILES string of the molecule is NCC1CCCCN1C(=O)C1CC(=O)N(c2ccccc2Cl)C1. The quantitative estimate of drug-likeness (QED) is 0.919. The second-order valence-corrected chi connectivity index (χ2v) is 6.68. The lowest BCUT2D eigenvalue weighted by atomic mass is 9.98. The standard InChI is InChI=1S/C17H22ClN3O2/c18-14-6-1-2-7-15(14)21-11-12(9-16(21)22)17(23)20-8-4-3-5-13(20)10-19/h1-2,6-7,12-13H,3-5,8-11,19H2. The number of para-hydroxylation sites is 1. The van der Waals surface area contributed by atoms with Crippen molar-refractivity contribution in [1.29, 1.82) is 0 Å². The largest absolute Gasteiger partial charge is 0.338 e. The molecule has 2 amide bonds. The highest BCUT2D eigenvalue weighted by atomic mass is 35.5. The molecule has 2 atom stereocenters. The fourth-order valence-corrected chi connectivity index (χ4v) is 3.78. The molecule has 1 aromatic rings. The van der Waals surface area contributed by atoms with Gasteiger partial charge in [-0.3, -0.25) is 9.59 Å². The zero-order valence-corrected chi connectivity index (χ0v) is 13.8. The molecule has 0 aromatic heterocycles. The van der Waals surface area contributed by atoms with Crippen LogP contribution in [0.15, 0.2) is 24.3 Å². The molecule has 1 aromatic carbocycles. The second kappa shape index (κ2) is 6.89. The van der Waals surface area contributed by atoms with Crippen LogP contribution in [0.25, 0.3) is 0 Å². The van der Waals surface area contributed by atoms with Crippen molar-refractivity contribution in [2.45, 2.75) is 31.7 Å². The van der Waals surface area contributed by atoms with Crippen LogP contribution in [0.3, 0.4) is 0 Å². The molecule has 2 fully saturated rings. The molecule has 124 valence electrons. The number of nitrogens with two attached hydrogens (primary N) is 1. The number of carbonyl (C=O) groups excluding carboxylic acids is 2. The second-order valence-electron chi connectivity index (χ2n) is 6.27. The van der Waals surface area contributed by atoms with Gasteiger partial charge >= 0.3 is 0 Å². The first-order valence-corrected chi connectivity index (χ1v) is 8.55. The van der Waals surface area contributed by atoms with E-state index in [0.717, 1.165) is 25.8 Å². The smallest absolute Gasteiger partial charge is 0.228 e. The minimum absolute atomic E-state index is 0.0437. The summed E-state index contributed by atoms with van der Waals surface area (Å²) in [5.41, 5.74) is 6.49. The predicted molar refractivity (Wildman–Crippen MR) is 90.3 cm³/mol. The van der Waals surface area contributed by atoms with E-state index in [1.807, 2.05) is 23.1 Å². The average molecular weight is 336 g/mol. The van der Waals surface area contributed by atoms with E-state index in [2.05, 4.69) is 0 Å². The normalized spacial score (nSPS) is 25.0. The van der Waals surface area contributed by atoms with Crippen molar-refractivity contribution in [3.63, 3.8) is 0 Å². The van der Waals surface area contributed by atoms with Crippen LogP contribution in [0.1, 0.15) is 25.7 Å². The Labute approximate surface area is 141 Å². The van der Waals surface area contributed by atoms with Crippen molar-refractivity contribution < 1.29 is 9.59 Å². The Morgan fingerprint density at radius 1 is 1.30 bits per heavy atom. The van der Waals surface area contributed by atoms with E-state index in [-0.39, 0.29) is 30.2 Å². The molecule has 2 saturated heterocycles.